The summed E-state index contributed by atoms with van der Waals surface area (Å²) in [6, 6.07) is 7.66. The summed E-state index contributed by atoms with van der Waals surface area (Å²) in [6.45, 7) is 2.15. The van der Waals surface area contributed by atoms with Gasteiger partial charge in [0.05, 0.1) is 5.69 Å². The molecule has 2 heterocycles. The summed E-state index contributed by atoms with van der Waals surface area (Å²) in [6.07, 6.45) is 3.98. The Morgan fingerprint density at radius 3 is 2.86 bits per heavy atom. The summed E-state index contributed by atoms with van der Waals surface area (Å²) in [5.74, 6) is -0.252. The van der Waals surface area contributed by atoms with E-state index in [1.165, 1.54) is 0 Å². The first-order chi connectivity index (χ1) is 10.2. The Bertz CT molecular complexity index is 731. The van der Waals surface area contributed by atoms with E-state index in [1.807, 2.05) is 53.4 Å². The van der Waals surface area contributed by atoms with Crippen LogP contribution in [0.5, 0.6) is 0 Å². The van der Waals surface area contributed by atoms with Crippen molar-refractivity contribution in [2.45, 2.75) is 6.92 Å². The molecule has 21 heavy (non-hydrogen) atoms. The van der Waals surface area contributed by atoms with Gasteiger partial charge >= 0.3 is 0 Å². The van der Waals surface area contributed by atoms with Gasteiger partial charge in [0.15, 0.2) is 4.96 Å². The summed E-state index contributed by atoms with van der Waals surface area (Å²) in [5.41, 5.74) is 8.20. The lowest BCUT2D eigenvalue weighted by molar-refractivity contribution is -0.119. The zero-order valence-electron chi connectivity index (χ0n) is 11.6. The number of benzene rings is 1. The lowest BCUT2D eigenvalue weighted by Gasteiger charge is -2.10. The molecule has 1 aromatic carbocycles. The van der Waals surface area contributed by atoms with Crippen LogP contribution in [0.4, 0.5) is 5.69 Å². The predicted octanol–water partition coefficient (Wildman–Crippen LogP) is 2.60. The van der Waals surface area contributed by atoms with E-state index in [0.29, 0.717) is 6.54 Å². The highest BCUT2D eigenvalue weighted by atomic mass is 32.1. The average molecular weight is 300 g/mol. The van der Waals surface area contributed by atoms with E-state index in [2.05, 4.69) is 10.3 Å². The number of amides is 1. The molecule has 0 aliphatic heterocycles. The maximum atomic E-state index is 11.8. The third-order valence-corrected chi connectivity index (χ3v) is 4.11. The molecule has 2 aromatic heterocycles. The van der Waals surface area contributed by atoms with Crippen LogP contribution in [-0.4, -0.2) is 21.8 Å². The number of aromatic nitrogens is 2. The van der Waals surface area contributed by atoms with E-state index in [0.717, 1.165) is 21.9 Å². The molecule has 5 nitrogen and oxygen atoms in total. The molecular formula is C15H16N4OS. The highest BCUT2D eigenvalue weighted by Gasteiger charge is 2.11. The zero-order valence-corrected chi connectivity index (χ0v) is 12.4. The van der Waals surface area contributed by atoms with E-state index >= 15 is 0 Å². The van der Waals surface area contributed by atoms with Gasteiger partial charge in [0.1, 0.15) is 0 Å². The summed E-state index contributed by atoms with van der Waals surface area (Å²) in [5, 5.41) is 4.85. The van der Waals surface area contributed by atoms with Crippen LogP contribution in [0.3, 0.4) is 0 Å². The minimum atomic E-state index is -0.190. The Balaban J connectivity index is 1.77. The molecule has 0 saturated carbocycles. The monoisotopic (exact) mass is 300 g/mol. The molecule has 108 valence electrons. The van der Waals surface area contributed by atoms with Crippen LogP contribution < -0.4 is 11.1 Å². The maximum Gasteiger partial charge on any atom is 0.228 e. The number of nitrogens with zero attached hydrogens (tertiary/aromatic N) is 2. The molecule has 3 N–H and O–H groups in total. The second-order valence-electron chi connectivity index (χ2n) is 4.92. The number of hydrogen-bond acceptors (Lipinski definition) is 4. The Labute approximate surface area is 126 Å². The Hall–Kier alpha value is -2.18. The predicted molar refractivity (Wildman–Crippen MR) is 85.4 cm³/mol. The number of imidazole rings is 1. The van der Waals surface area contributed by atoms with E-state index < -0.39 is 0 Å². The van der Waals surface area contributed by atoms with Crippen molar-refractivity contribution in [1.82, 2.24) is 9.38 Å². The van der Waals surface area contributed by atoms with Crippen LogP contribution in [-0.2, 0) is 4.79 Å². The van der Waals surface area contributed by atoms with Gasteiger partial charge in [-0.1, -0.05) is 19.1 Å². The van der Waals surface area contributed by atoms with E-state index in [-0.39, 0.29) is 11.8 Å². The fourth-order valence-electron chi connectivity index (χ4n) is 1.96. The van der Waals surface area contributed by atoms with Crippen molar-refractivity contribution < 1.29 is 4.79 Å². The van der Waals surface area contributed by atoms with Crippen LogP contribution in [0.1, 0.15) is 6.92 Å². The van der Waals surface area contributed by atoms with Gasteiger partial charge in [-0.05, 0) is 12.1 Å². The van der Waals surface area contributed by atoms with Crippen molar-refractivity contribution in [3.63, 3.8) is 0 Å². The Kier molecular flexibility index (Phi) is 3.72. The fourth-order valence-corrected chi connectivity index (χ4v) is 2.66. The SMILES string of the molecule is CC(CN)C(=O)Nc1ccc(-c2cn3ccsc3n2)cc1. The van der Waals surface area contributed by atoms with Crippen LogP contribution in [0, 0.1) is 5.92 Å². The minimum absolute atomic E-state index is 0.0623. The van der Waals surface area contributed by atoms with Gasteiger partial charge in [0.25, 0.3) is 0 Å². The molecule has 1 unspecified atom stereocenters. The summed E-state index contributed by atoms with van der Waals surface area (Å²) in [4.78, 5) is 17.3. The summed E-state index contributed by atoms with van der Waals surface area (Å²) >= 11 is 1.60. The molecule has 3 rings (SSSR count). The molecule has 0 radical (unpaired) electrons. The molecule has 1 amide bonds. The van der Waals surface area contributed by atoms with E-state index in [4.69, 9.17) is 5.73 Å². The van der Waals surface area contributed by atoms with Gasteiger partial charge in [0, 0.05) is 41.5 Å². The van der Waals surface area contributed by atoms with Gasteiger partial charge in [-0.25, -0.2) is 4.98 Å². The normalized spacial score (nSPS) is 12.5. The number of hydrogen-bond donors (Lipinski definition) is 2. The molecule has 0 saturated heterocycles. The van der Waals surface area contributed by atoms with Crippen LogP contribution in [0.15, 0.2) is 42.0 Å². The zero-order chi connectivity index (χ0) is 14.8. The smallest absolute Gasteiger partial charge is 0.228 e. The fraction of sp³-hybridized carbons (Fsp3) is 0.200. The van der Waals surface area contributed by atoms with Crippen molar-refractivity contribution in [2.75, 3.05) is 11.9 Å². The second-order valence-corrected chi connectivity index (χ2v) is 5.80. The van der Waals surface area contributed by atoms with Crippen molar-refractivity contribution in [3.05, 3.63) is 42.0 Å². The number of rotatable bonds is 4. The molecule has 6 heteroatoms. The largest absolute Gasteiger partial charge is 0.330 e. The summed E-state index contributed by atoms with van der Waals surface area (Å²) < 4.78 is 2.00. The topological polar surface area (TPSA) is 72.4 Å². The molecule has 0 fully saturated rings. The molecule has 3 aromatic rings. The highest BCUT2D eigenvalue weighted by molar-refractivity contribution is 7.15. The Morgan fingerprint density at radius 2 is 2.19 bits per heavy atom. The molecule has 1 atom stereocenters. The van der Waals surface area contributed by atoms with Gasteiger partial charge in [-0.15, -0.1) is 11.3 Å². The van der Waals surface area contributed by atoms with Crippen molar-refractivity contribution in [3.8, 4) is 11.3 Å². The van der Waals surface area contributed by atoms with Gasteiger partial charge in [0.2, 0.25) is 5.91 Å². The minimum Gasteiger partial charge on any atom is -0.330 e. The van der Waals surface area contributed by atoms with Crippen molar-refractivity contribution >= 4 is 27.9 Å². The summed E-state index contributed by atoms with van der Waals surface area (Å²) in [7, 11) is 0. The molecule has 0 bridgehead atoms. The number of nitrogens with one attached hydrogen (secondary N) is 1. The number of nitrogens with two attached hydrogens (primary N) is 1. The first kappa shape index (κ1) is 13.8. The van der Waals surface area contributed by atoms with Gasteiger partial charge < -0.3 is 11.1 Å². The van der Waals surface area contributed by atoms with Crippen LogP contribution in [0.25, 0.3) is 16.2 Å². The lowest BCUT2D eigenvalue weighted by atomic mass is 10.1. The van der Waals surface area contributed by atoms with Crippen molar-refractivity contribution in [2.24, 2.45) is 11.7 Å². The molecule has 0 spiro atoms. The van der Waals surface area contributed by atoms with Gasteiger partial charge in [-0.3, -0.25) is 9.20 Å². The number of thiazole rings is 1. The average Bonchev–Trinajstić information content (AvgIpc) is 3.08. The van der Waals surface area contributed by atoms with Crippen LogP contribution in [0.2, 0.25) is 0 Å². The van der Waals surface area contributed by atoms with Crippen molar-refractivity contribution in [1.29, 1.82) is 0 Å². The van der Waals surface area contributed by atoms with Gasteiger partial charge in [-0.2, -0.15) is 0 Å². The second kappa shape index (κ2) is 5.67. The molecular weight excluding hydrogens is 284 g/mol. The Morgan fingerprint density at radius 1 is 1.43 bits per heavy atom. The first-order valence-corrected chi connectivity index (χ1v) is 7.59. The third kappa shape index (κ3) is 2.81. The standard InChI is InChI=1S/C15H16N4OS/c1-10(8-16)14(20)17-12-4-2-11(3-5-12)13-9-19-6-7-21-15(19)18-13/h2-7,9-10H,8,16H2,1H3,(H,17,20). The lowest BCUT2D eigenvalue weighted by Crippen LogP contribution is -2.26. The van der Waals surface area contributed by atoms with Crippen LogP contribution >= 0.6 is 11.3 Å². The maximum absolute atomic E-state index is 11.8. The highest BCUT2D eigenvalue weighted by Crippen LogP contribution is 2.23. The molecule has 0 aliphatic rings. The number of carbonyl (C=O) groups is 1. The number of fused-ring (bicyclic) bond motifs is 1. The quantitative estimate of drug-likeness (QED) is 0.778. The third-order valence-electron chi connectivity index (χ3n) is 3.34. The number of anilines is 1. The van der Waals surface area contributed by atoms with E-state index in [9.17, 15) is 4.79 Å². The number of carbonyl (C=O) groups excluding carboxylic acids is 1. The van der Waals surface area contributed by atoms with E-state index in [1.54, 1.807) is 11.3 Å². The first-order valence-electron chi connectivity index (χ1n) is 6.71. The molecule has 0 aliphatic carbocycles.